The quantitative estimate of drug-likeness (QED) is 0.730. The summed E-state index contributed by atoms with van der Waals surface area (Å²) in [7, 11) is 0. The van der Waals surface area contributed by atoms with Gasteiger partial charge in [-0.2, -0.15) is 4.80 Å². The number of nitrogens with two attached hydrogens (primary N) is 1. The molecule has 1 aliphatic rings. The summed E-state index contributed by atoms with van der Waals surface area (Å²) in [4.78, 5) is 16.2. The molecule has 1 aliphatic heterocycles. The number of fused-ring (bicyclic) bond motifs is 1. The highest BCUT2D eigenvalue weighted by atomic mass is 16.5. The van der Waals surface area contributed by atoms with Gasteiger partial charge in [0.2, 0.25) is 5.65 Å². The third-order valence-corrected chi connectivity index (χ3v) is 2.82. The summed E-state index contributed by atoms with van der Waals surface area (Å²) in [5.41, 5.74) is 7.43. The van der Waals surface area contributed by atoms with Crippen molar-refractivity contribution in [2.24, 2.45) is 0 Å². The average Bonchev–Trinajstić information content (AvgIpc) is 2.95. The average molecular weight is 233 g/mol. The predicted molar refractivity (Wildman–Crippen MR) is 59.2 cm³/mol. The Morgan fingerprint density at radius 1 is 1.53 bits per heavy atom. The lowest BCUT2D eigenvalue weighted by molar-refractivity contribution is -0.115. The molecule has 0 aliphatic carbocycles. The Morgan fingerprint density at radius 2 is 2.41 bits per heavy atom. The first-order valence-corrected chi connectivity index (χ1v) is 5.32. The predicted octanol–water partition coefficient (Wildman–Crippen LogP) is -0.0626. The van der Waals surface area contributed by atoms with Crippen molar-refractivity contribution in [3.63, 3.8) is 0 Å². The zero-order valence-corrected chi connectivity index (χ0v) is 8.98. The van der Waals surface area contributed by atoms with Crippen LogP contribution >= 0.6 is 0 Å². The summed E-state index contributed by atoms with van der Waals surface area (Å²) in [6.45, 7) is 0.435. The van der Waals surface area contributed by atoms with Gasteiger partial charge < -0.3 is 15.3 Å². The van der Waals surface area contributed by atoms with E-state index in [0.29, 0.717) is 29.9 Å². The lowest BCUT2D eigenvalue weighted by atomic mass is 10.2. The van der Waals surface area contributed by atoms with Crippen molar-refractivity contribution < 1.29 is 9.53 Å². The molecule has 2 aromatic rings. The number of pyridine rings is 1. The highest BCUT2D eigenvalue weighted by molar-refractivity contribution is 5.82. The minimum Gasteiger partial charge on any atom is -0.397 e. The zero-order valence-electron chi connectivity index (χ0n) is 8.98. The fourth-order valence-electron chi connectivity index (χ4n) is 1.91. The van der Waals surface area contributed by atoms with Crippen LogP contribution in [0, 0.1) is 0 Å². The minimum atomic E-state index is -0.362. The number of anilines is 1. The Bertz CT molecular complexity index is 567. The third-order valence-electron chi connectivity index (χ3n) is 2.82. The number of nitrogen functional groups attached to an aromatic ring is 1. The molecule has 2 aromatic heterocycles. The maximum absolute atomic E-state index is 10.6. The number of carbonyl (C=O) groups is 1. The molecule has 1 fully saturated rings. The molecule has 1 saturated heterocycles. The van der Waals surface area contributed by atoms with Gasteiger partial charge in [-0.1, -0.05) is 0 Å². The molecule has 0 bridgehead atoms. The van der Waals surface area contributed by atoms with Crippen LogP contribution in [0.3, 0.4) is 0 Å². The molecule has 17 heavy (non-hydrogen) atoms. The standard InChI is InChI=1S/C10H11N5O2/c11-8-1-2-12-10-9(8)13-15(14-10)6-3-7(4-16)17-5-6/h1-2,4,6-7H,3,5,11H2/t6-,7-/m1/s1. The molecule has 0 unspecified atom stereocenters. The van der Waals surface area contributed by atoms with E-state index >= 15 is 0 Å². The highest BCUT2D eigenvalue weighted by Gasteiger charge is 2.28. The Morgan fingerprint density at radius 3 is 3.12 bits per heavy atom. The Kier molecular flexibility index (Phi) is 2.25. The number of carbonyl (C=O) groups excluding carboxylic acids is 1. The van der Waals surface area contributed by atoms with Crippen LogP contribution in [-0.2, 0) is 9.53 Å². The van der Waals surface area contributed by atoms with E-state index < -0.39 is 0 Å². The van der Waals surface area contributed by atoms with E-state index in [-0.39, 0.29) is 12.1 Å². The van der Waals surface area contributed by atoms with Crippen LogP contribution in [0.1, 0.15) is 12.5 Å². The molecule has 7 nitrogen and oxygen atoms in total. The molecule has 0 amide bonds. The van der Waals surface area contributed by atoms with E-state index in [1.165, 1.54) is 4.80 Å². The first kappa shape index (κ1) is 10.2. The monoisotopic (exact) mass is 233 g/mol. The van der Waals surface area contributed by atoms with E-state index in [0.717, 1.165) is 6.29 Å². The summed E-state index contributed by atoms with van der Waals surface area (Å²) >= 11 is 0. The van der Waals surface area contributed by atoms with Crippen molar-refractivity contribution in [3.8, 4) is 0 Å². The largest absolute Gasteiger partial charge is 0.397 e. The van der Waals surface area contributed by atoms with E-state index in [1.807, 2.05) is 0 Å². The molecule has 0 saturated carbocycles. The Balaban J connectivity index is 1.96. The van der Waals surface area contributed by atoms with Crippen molar-refractivity contribution in [2.45, 2.75) is 18.6 Å². The topological polar surface area (TPSA) is 95.9 Å². The number of aromatic nitrogens is 4. The molecular weight excluding hydrogens is 222 g/mol. The molecule has 2 atom stereocenters. The van der Waals surface area contributed by atoms with Crippen LogP contribution in [0.15, 0.2) is 12.3 Å². The second-order valence-corrected chi connectivity index (χ2v) is 3.99. The molecule has 0 radical (unpaired) electrons. The fraction of sp³-hybridized carbons (Fsp3) is 0.400. The summed E-state index contributed by atoms with van der Waals surface area (Å²) in [6.07, 6.45) is 2.62. The maximum Gasteiger partial charge on any atom is 0.203 e. The van der Waals surface area contributed by atoms with Gasteiger partial charge in [0.25, 0.3) is 0 Å². The SMILES string of the molecule is Nc1ccnc2nn([C@H]3CO[C@@H](C=O)C3)nc12. The van der Waals surface area contributed by atoms with Crippen molar-refractivity contribution in [3.05, 3.63) is 12.3 Å². The van der Waals surface area contributed by atoms with Crippen molar-refractivity contribution in [2.75, 3.05) is 12.3 Å². The first-order chi connectivity index (χ1) is 8.28. The first-order valence-electron chi connectivity index (χ1n) is 5.32. The summed E-state index contributed by atoms with van der Waals surface area (Å²) < 4.78 is 5.27. The molecule has 0 spiro atoms. The van der Waals surface area contributed by atoms with Gasteiger partial charge in [0.1, 0.15) is 12.4 Å². The Hall–Kier alpha value is -2.02. The molecule has 0 aromatic carbocycles. The highest BCUT2D eigenvalue weighted by Crippen LogP contribution is 2.23. The van der Waals surface area contributed by atoms with E-state index in [2.05, 4.69) is 15.2 Å². The lowest BCUT2D eigenvalue weighted by Gasteiger charge is -2.04. The van der Waals surface area contributed by atoms with Gasteiger partial charge in [-0.3, -0.25) is 0 Å². The normalized spacial score (nSPS) is 24.2. The lowest BCUT2D eigenvalue weighted by Crippen LogP contribution is -2.12. The molecule has 3 rings (SSSR count). The van der Waals surface area contributed by atoms with Crippen LogP contribution in [0.25, 0.3) is 11.2 Å². The number of ether oxygens (including phenoxy) is 1. The number of rotatable bonds is 2. The minimum absolute atomic E-state index is 0.0289. The van der Waals surface area contributed by atoms with Crippen molar-refractivity contribution in [1.82, 2.24) is 20.0 Å². The van der Waals surface area contributed by atoms with Gasteiger partial charge in [-0.25, -0.2) is 4.98 Å². The molecular formula is C10H11N5O2. The zero-order chi connectivity index (χ0) is 11.8. The fourth-order valence-corrected chi connectivity index (χ4v) is 1.91. The molecule has 7 heteroatoms. The summed E-state index contributed by atoms with van der Waals surface area (Å²) in [5, 5.41) is 8.53. The number of aldehydes is 1. The maximum atomic E-state index is 10.6. The van der Waals surface area contributed by atoms with Gasteiger partial charge in [0.05, 0.1) is 18.3 Å². The smallest absolute Gasteiger partial charge is 0.203 e. The number of hydrogen-bond donors (Lipinski definition) is 1. The van der Waals surface area contributed by atoms with E-state index in [4.69, 9.17) is 10.5 Å². The molecule has 88 valence electrons. The molecule has 2 N–H and O–H groups in total. The third kappa shape index (κ3) is 1.64. The van der Waals surface area contributed by atoms with Gasteiger partial charge in [-0.05, 0) is 6.07 Å². The van der Waals surface area contributed by atoms with Gasteiger partial charge in [0.15, 0.2) is 5.52 Å². The van der Waals surface area contributed by atoms with Crippen LogP contribution in [0.4, 0.5) is 5.69 Å². The summed E-state index contributed by atoms with van der Waals surface area (Å²) in [6, 6.07) is 1.65. The molecule has 3 heterocycles. The number of nitrogens with zero attached hydrogens (tertiary/aromatic N) is 4. The Labute approximate surface area is 96.6 Å². The van der Waals surface area contributed by atoms with Crippen LogP contribution in [0.2, 0.25) is 0 Å². The second kappa shape index (κ2) is 3.77. The van der Waals surface area contributed by atoms with Gasteiger partial charge in [0, 0.05) is 12.6 Å². The van der Waals surface area contributed by atoms with E-state index in [1.54, 1.807) is 12.3 Å². The van der Waals surface area contributed by atoms with Crippen LogP contribution < -0.4 is 5.73 Å². The second-order valence-electron chi connectivity index (χ2n) is 3.99. The van der Waals surface area contributed by atoms with E-state index in [9.17, 15) is 4.79 Å². The van der Waals surface area contributed by atoms with Crippen LogP contribution in [0.5, 0.6) is 0 Å². The van der Waals surface area contributed by atoms with Crippen LogP contribution in [-0.4, -0.2) is 39.0 Å². The summed E-state index contributed by atoms with van der Waals surface area (Å²) in [5.74, 6) is 0. The van der Waals surface area contributed by atoms with Crippen molar-refractivity contribution >= 4 is 23.1 Å². The van der Waals surface area contributed by atoms with Gasteiger partial charge >= 0.3 is 0 Å². The van der Waals surface area contributed by atoms with Gasteiger partial charge in [-0.15, -0.1) is 10.2 Å². The number of hydrogen-bond acceptors (Lipinski definition) is 6. The van der Waals surface area contributed by atoms with Crippen molar-refractivity contribution in [1.29, 1.82) is 0 Å².